The van der Waals surface area contributed by atoms with Crippen molar-refractivity contribution in [2.75, 3.05) is 14.1 Å². The number of hydrogen-bond donors (Lipinski definition) is 1. The lowest BCUT2D eigenvalue weighted by Crippen LogP contribution is -2.28. The van der Waals surface area contributed by atoms with Crippen LogP contribution in [0, 0.1) is 12.3 Å². The highest BCUT2D eigenvalue weighted by molar-refractivity contribution is 7.16. The van der Waals surface area contributed by atoms with Crippen LogP contribution < -0.4 is 0 Å². The molecule has 34 heavy (non-hydrogen) atoms. The molecule has 1 N–H and O–H groups in total. The zero-order valence-electron chi connectivity index (χ0n) is 21.6. The van der Waals surface area contributed by atoms with Crippen molar-refractivity contribution in [1.29, 1.82) is 0 Å². The summed E-state index contributed by atoms with van der Waals surface area (Å²) in [5.74, 6) is -1.02. The summed E-state index contributed by atoms with van der Waals surface area (Å²) in [5, 5.41) is 10.2. The average Bonchev–Trinajstić information content (AvgIpc) is 3.07. The number of thiophene rings is 1. The summed E-state index contributed by atoms with van der Waals surface area (Å²) in [5.41, 5.74) is 4.16. The first-order valence-electron chi connectivity index (χ1n) is 11.8. The van der Waals surface area contributed by atoms with Gasteiger partial charge in [0.1, 0.15) is 0 Å². The molecule has 2 aromatic rings. The van der Waals surface area contributed by atoms with Crippen molar-refractivity contribution in [2.45, 2.75) is 72.5 Å². The summed E-state index contributed by atoms with van der Waals surface area (Å²) in [6, 6.07) is 7.61. The van der Waals surface area contributed by atoms with Crippen molar-refractivity contribution in [2.24, 2.45) is 5.41 Å². The van der Waals surface area contributed by atoms with Crippen LogP contribution in [0.5, 0.6) is 0 Å². The third-order valence-electron chi connectivity index (χ3n) is 6.18. The molecule has 5 nitrogen and oxygen atoms in total. The average molecular weight is 484 g/mol. The molecular weight excluding hydrogens is 446 g/mol. The summed E-state index contributed by atoms with van der Waals surface area (Å²) < 4.78 is 6.09. The molecule has 0 fully saturated rings. The summed E-state index contributed by atoms with van der Waals surface area (Å²) >= 11 is 1.60. The van der Waals surface area contributed by atoms with E-state index < -0.39 is 17.7 Å². The molecule has 1 amide bonds. The van der Waals surface area contributed by atoms with E-state index in [-0.39, 0.29) is 11.3 Å². The monoisotopic (exact) mass is 483 g/mol. The van der Waals surface area contributed by atoms with E-state index in [0.717, 1.165) is 45.7 Å². The van der Waals surface area contributed by atoms with E-state index in [4.69, 9.17) is 4.74 Å². The van der Waals surface area contributed by atoms with Gasteiger partial charge in [-0.25, -0.2) is 4.79 Å². The molecule has 184 valence electrons. The molecule has 3 rings (SSSR count). The molecule has 1 heterocycles. The Balaban J connectivity index is 2.19. The molecule has 1 aliphatic rings. The van der Waals surface area contributed by atoms with Crippen molar-refractivity contribution in [1.82, 2.24) is 4.90 Å². The van der Waals surface area contributed by atoms with Crippen molar-refractivity contribution >= 4 is 28.8 Å². The number of benzene rings is 1. The van der Waals surface area contributed by atoms with Gasteiger partial charge in [0.25, 0.3) is 5.91 Å². The fourth-order valence-corrected chi connectivity index (χ4v) is 5.53. The number of aryl methyl sites for hydroxylation is 1. The second-order valence-electron chi connectivity index (χ2n) is 11.1. The van der Waals surface area contributed by atoms with Gasteiger partial charge in [0.2, 0.25) is 0 Å². The fourth-order valence-electron chi connectivity index (χ4n) is 4.31. The lowest BCUT2D eigenvalue weighted by molar-refractivity contribution is -0.160. The number of hydrogen-bond acceptors (Lipinski definition) is 4. The fraction of sp³-hybridized carbons (Fsp3) is 0.500. The molecule has 0 bridgehead atoms. The molecule has 1 aliphatic carbocycles. The van der Waals surface area contributed by atoms with Gasteiger partial charge in [0.05, 0.1) is 5.60 Å². The standard InChI is InChI=1S/C28H37NO4S/c1-17-21(23(26(31)32)33-27(2,3)4)22(18-13-15-28(5,6)16-14-18)24(34-17)19-9-11-20(12-10-19)25(30)29(7)8/h9-13,23H,14-16H2,1-8H3,(H,31,32). The van der Waals surface area contributed by atoms with Gasteiger partial charge in [-0.15, -0.1) is 11.3 Å². The number of ether oxygens (including phenoxy) is 1. The third kappa shape index (κ3) is 5.78. The molecular formula is C28H37NO4S. The van der Waals surface area contributed by atoms with Crippen LogP contribution in [0.15, 0.2) is 30.3 Å². The van der Waals surface area contributed by atoms with Crippen LogP contribution in [0.4, 0.5) is 0 Å². The quantitative estimate of drug-likeness (QED) is 0.482. The van der Waals surface area contributed by atoms with Crippen LogP contribution in [-0.2, 0) is 9.53 Å². The van der Waals surface area contributed by atoms with Gasteiger partial charge in [-0.3, -0.25) is 4.79 Å². The summed E-state index contributed by atoms with van der Waals surface area (Å²) in [6.07, 6.45) is 4.11. The predicted octanol–water partition coefficient (Wildman–Crippen LogP) is 6.96. The molecule has 1 unspecified atom stereocenters. The maximum Gasteiger partial charge on any atom is 0.337 e. The van der Waals surface area contributed by atoms with Gasteiger partial charge in [-0.2, -0.15) is 0 Å². The van der Waals surface area contributed by atoms with Crippen LogP contribution in [0.3, 0.4) is 0 Å². The number of carboxylic acid groups (broad SMARTS) is 1. The topological polar surface area (TPSA) is 66.8 Å². The van der Waals surface area contributed by atoms with Gasteiger partial charge in [0.15, 0.2) is 6.10 Å². The lowest BCUT2D eigenvalue weighted by atomic mass is 9.76. The van der Waals surface area contributed by atoms with E-state index in [2.05, 4.69) is 19.9 Å². The van der Waals surface area contributed by atoms with Crippen LogP contribution in [0.1, 0.15) is 86.3 Å². The first-order valence-corrected chi connectivity index (χ1v) is 12.6. The first kappa shape index (κ1) is 26.2. The molecule has 0 radical (unpaired) electrons. The molecule has 1 aromatic carbocycles. The highest BCUT2D eigenvalue weighted by Gasteiger charge is 2.35. The predicted molar refractivity (Wildman–Crippen MR) is 139 cm³/mol. The highest BCUT2D eigenvalue weighted by Crippen LogP contribution is 2.48. The second-order valence-corrected chi connectivity index (χ2v) is 12.3. The van der Waals surface area contributed by atoms with E-state index in [9.17, 15) is 14.7 Å². The van der Waals surface area contributed by atoms with Crippen molar-refractivity contribution in [3.8, 4) is 10.4 Å². The van der Waals surface area contributed by atoms with Crippen LogP contribution in [-0.4, -0.2) is 41.6 Å². The van der Waals surface area contributed by atoms with E-state index in [1.54, 1.807) is 30.3 Å². The van der Waals surface area contributed by atoms with Crippen molar-refractivity contribution in [3.63, 3.8) is 0 Å². The third-order valence-corrected chi connectivity index (χ3v) is 7.35. The Morgan fingerprint density at radius 3 is 2.24 bits per heavy atom. The molecule has 0 spiro atoms. The zero-order valence-corrected chi connectivity index (χ0v) is 22.4. The van der Waals surface area contributed by atoms with Gasteiger partial charge in [-0.05, 0) is 75.6 Å². The smallest absolute Gasteiger partial charge is 0.337 e. The number of nitrogens with zero attached hydrogens (tertiary/aromatic N) is 1. The van der Waals surface area contributed by atoms with Crippen LogP contribution in [0.2, 0.25) is 0 Å². The van der Waals surface area contributed by atoms with E-state index in [1.807, 2.05) is 52.0 Å². The number of carbonyl (C=O) groups excluding carboxylic acids is 1. The zero-order chi connectivity index (χ0) is 25.4. The number of rotatable bonds is 6. The van der Waals surface area contributed by atoms with Gasteiger partial charge in [0, 0.05) is 40.5 Å². The Morgan fingerprint density at radius 2 is 1.76 bits per heavy atom. The Morgan fingerprint density at radius 1 is 1.15 bits per heavy atom. The molecule has 0 aliphatic heterocycles. The molecule has 0 saturated heterocycles. The van der Waals surface area contributed by atoms with Crippen molar-refractivity contribution < 1.29 is 19.4 Å². The number of allylic oxidation sites excluding steroid dienone is 2. The van der Waals surface area contributed by atoms with Gasteiger partial charge < -0.3 is 14.7 Å². The largest absolute Gasteiger partial charge is 0.479 e. The van der Waals surface area contributed by atoms with Crippen molar-refractivity contribution in [3.05, 3.63) is 51.9 Å². The first-order chi connectivity index (χ1) is 15.7. The van der Waals surface area contributed by atoms with Gasteiger partial charge >= 0.3 is 5.97 Å². The van der Waals surface area contributed by atoms with E-state index >= 15 is 0 Å². The Hall–Kier alpha value is -2.44. The maximum absolute atomic E-state index is 12.4. The number of carbonyl (C=O) groups is 2. The van der Waals surface area contributed by atoms with Gasteiger partial charge in [-0.1, -0.05) is 32.1 Å². The Labute approximate surface area is 207 Å². The van der Waals surface area contributed by atoms with Crippen LogP contribution >= 0.6 is 11.3 Å². The minimum atomic E-state index is -1.05. The lowest BCUT2D eigenvalue weighted by Gasteiger charge is -2.31. The SMILES string of the molecule is Cc1sc(-c2ccc(C(=O)N(C)C)cc2)c(C2=CCC(C)(C)CC2)c1C(OC(C)(C)C)C(=O)O. The summed E-state index contributed by atoms with van der Waals surface area (Å²) in [7, 11) is 3.48. The number of carboxylic acids is 1. The maximum atomic E-state index is 12.4. The van der Waals surface area contributed by atoms with Crippen LogP contribution in [0.25, 0.3) is 16.0 Å². The minimum absolute atomic E-state index is 0.0449. The molecule has 1 aromatic heterocycles. The highest BCUT2D eigenvalue weighted by atomic mass is 32.1. The second kappa shape index (κ2) is 9.67. The van der Waals surface area contributed by atoms with E-state index in [0.29, 0.717) is 5.56 Å². The molecule has 1 atom stereocenters. The normalized spacial score (nSPS) is 16.6. The number of amides is 1. The Bertz CT molecular complexity index is 1100. The summed E-state index contributed by atoms with van der Waals surface area (Å²) in [6.45, 7) is 12.2. The summed E-state index contributed by atoms with van der Waals surface area (Å²) in [4.78, 5) is 28.3. The van der Waals surface area contributed by atoms with E-state index in [1.165, 1.54) is 5.57 Å². The molecule has 6 heteroatoms. The number of aliphatic carboxylic acids is 1. The molecule has 0 saturated carbocycles. The minimum Gasteiger partial charge on any atom is -0.479 e. The Kier molecular flexibility index (Phi) is 7.44.